The summed E-state index contributed by atoms with van der Waals surface area (Å²) >= 11 is 0. The summed E-state index contributed by atoms with van der Waals surface area (Å²) in [6, 6.07) is 2.57. The number of aryl methyl sites for hydroxylation is 1. The topological polar surface area (TPSA) is 52.0 Å². The van der Waals surface area contributed by atoms with Crippen molar-refractivity contribution >= 4 is 30.5 Å². The molecule has 92 valence electrons. The summed E-state index contributed by atoms with van der Waals surface area (Å²) in [5.41, 5.74) is 18.3. The first-order valence-electron chi connectivity index (χ1n) is 5.22. The van der Waals surface area contributed by atoms with E-state index in [1.807, 2.05) is 0 Å². The Morgan fingerprint density at radius 1 is 1.25 bits per heavy atom. The zero-order valence-corrected chi connectivity index (χ0v) is 11.4. The monoisotopic (exact) mass is 262 g/mol. The van der Waals surface area contributed by atoms with Gasteiger partial charge in [-0.25, -0.2) is 0 Å². The van der Waals surface area contributed by atoms with Gasteiger partial charge < -0.3 is 11.5 Å². The van der Waals surface area contributed by atoms with E-state index < -0.39 is 0 Å². The van der Waals surface area contributed by atoms with Crippen LogP contribution in [0.2, 0.25) is 0 Å². The molecule has 4 N–H and O–H groups in total. The van der Waals surface area contributed by atoms with Crippen molar-refractivity contribution in [3.05, 3.63) is 28.3 Å². The van der Waals surface area contributed by atoms with E-state index in [0.717, 1.165) is 24.9 Å². The van der Waals surface area contributed by atoms with Crippen LogP contribution >= 0.6 is 24.8 Å². The first kappa shape index (κ1) is 15.6. The number of nitrogens with two attached hydrogens (primary N) is 2. The predicted octanol–water partition coefficient (Wildman–Crippen LogP) is 2.55. The van der Waals surface area contributed by atoms with E-state index in [1.165, 1.54) is 22.3 Å². The smallest absolute Gasteiger partial charge is 0.0381 e. The van der Waals surface area contributed by atoms with Crippen LogP contribution in [0.5, 0.6) is 0 Å². The SMILES string of the molecule is Cc1cc2c(c(N)c1C)CCC(N)C2.Cl.Cl. The first-order chi connectivity index (χ1) is 6.59. The van der Waals surface area contributed by atoms with Gasteiger partial charge in [0.15, 0.2) is 0 Å². The number of hydrogen-bond acceptors (Lipinski definition) is 2. The molecule has 1 atom stereocenters. The molecular formula is C12H20Cl2N2. The Bertz CT molecular complexity index is 378. The molecule has 2 rings (SSSR count). The minimum atomic E-state index is 0. The molecule has 1 aromatic carbocycles. The summed E-state index contributed by atoms with van der Waals surface area (Å²) in [7, 11) is 0. The second kappa shape index (κ2) is 5.76. The van der Waals surface area contributed by atoms with Crippen molar-refractivity contribution in [1.82, 2.24) is 0 Å². The lowest BCUT2D eigenvalue weighted by Crippen LogP contribution is -2.28. The van der Waals surface area contributed by atoms with E-state index in [2.05, 4.69) is 19.9 Å². The fraction of sp³-hybridized carbons (Fsp3) is 0.500. The lowest BCUT2D eigenvalue weighted by Gasteiger charge is -2.24. The van der Waals surface area contributed by atoms with Crippen LogP contribution in [0.3, 0.4) is 0 Å². The average molecular weight is 263 g/mol. The molecule has 0 bridgehead atoms. The summed E-state index contributed by atoms with van der Waals surface area (Å²) in [5.74, 6) is 0. The van der Waals surface area contributed by atoms with Crippen molar-refractivity contribution in [2.45, 2.75) is 39.2 Å². The average Bonchev–Trinajstić information content (AvgIpc) is 2.14. The molecule has 2 nitrogen and oxygen atoms in total. The van der Waals surface area contributed by atoms with Crippen LogP contribution in [-0.2, 0) is 12.8 Å². The van der Waals surface area contributed by atoms with E-state index in [1.54, 1.807) is 0 Å². The third kappa shape index (κ3) is 2.62. The Hall–Kier alpha value is -0.440. The third-order valence-electron chi connectivity index (χ3n) is 3.35. The number of halogens is 2. The standard InChI is InChI=1S/C12H18N2.2ClH/c1-7-5-9-6-10(13)3-4-11(9)12(14)8(7)2;;/h5,10H,3-4,6,13-14H2,1-2H3;2*1H. The zero-order chi connectivity index (χ0) is 10.3. The first-order valence-corrected chi connectivity index (χ1v) is 5.22. The van der Waals surface area contributed by atoms with E-state index >= 15 is 0 Å². The van der Waals surface area contributed by atoms with Gasteiger partial charge in [0.05, 0.1) is 0 Å². The summed E-state index contributed by atoms with van der Waals surface area (Å²) in [5, 5.41) is 0. The van der Waals surface area contributed by atoms with Crippen LogP contribution in [0.1, 0.15) is 28.7 Å². The molecule has 0 heterocycles. The van der Waals surface area contributed by atoms with Gasteiger partial charge in [0.25, 0.3) is 0 Å². The largest absolute Gasteiger partial charge is 0.398 e. The Kier molecular flexibility index (Phi) is 5.60. The summed E-state index contributed by atoms with van der Waals surface area (Å²) in [6.07, 6.45) is 3.10. The summed E-state index contributed by atoms with van der Waals surface area (Å²) in [4.78, 5) is 0. The van der Waals surface area contributed by atoms with Gasteiger partial charge in [-0.15, -0.1) is 24.8 Å². The van der Waals surface area contributed by atoms with Crippen molar-refractivity contribution < 1.29 is 0 Å². The van der Waals surface area contributed by atoms with Crippen molar-refractivity contribution in [3.8, 4) is 0 Å². The molecule has 0 aromatic heterocycles. The third-order valence-corrected chi connectivity index (χ3v) is 3.35. The molecule has 0 radical (unpaired) electrons. The van der Waals surface area contributed by atoms with E-state index in [9.17, 15) is 0 Å². The van der Waals surface area contributed by atoms with E-state index in [-0.39, 0.29) is 24.8 Å². The van der Waals surface area contributed by atoms with E-state index in [4.69, 9.17) is 11.5 Å². The van der Waals surface area contributed by atoms with Crippen LogP contribution in [0.4, 0.5) is 5.69 Å². The van der Waals surface area contributed by atoms with Gasteiger partial charge in [-0.1, -0.05) is 6.07 Å². The maximum absolute atomic E-state index is 6.11. The lowest BCUT2D eigenvalue weighted by atomic mass is 9.85. The van der Waals surface area contributed by atoms with Gasteiger partial charge in [0.2, 0.25) is 0 Å². The molecule has 1 aromatic rings. The Balaban J connectivity index is 0.00000112. The molecule has 0 aliphatic heterocycles. The summed E-state index contributed by atoms with van der Waals surface area (Å²) < 4.78 is 0. The van der Waals surface area contributed by atoms with Crippen LogP contribution in [0, 0.1) is 13.8 Å². The second-order valence-corrected chi connectivity index (χ2v) is 4.37. The molecule has 1 aliphatic carbocycles. The van der Waals surface area contributed by atoms with Gasteiger partial charge in [-0.05, 0) is 55.4 Å². The van der Waals surface area contributed by atoms with Gasteiger partial charge in [0, 0.05) is 11.7 Å². The molecule has 16 heavy (non-hydrogen) atoms. The Morgan fingerprint density at radius 2 is 1.88 bits per heavy atom. The predicted molar refractivity (Wildman–Crippen MR) is 74.8 cm³/mol. The van der Waals surface area contributed by atoms with Gasteiger partial charge in [-0.2, -0.15) is 0 Å². The molecule has 0 saturated carbocycles. The number of hydrogen-bond donors (Lipinski definition) is 2. The normalized spacial score (nSPS) is 18.1. The summed E-state index contributed by atoms with van der Waals surface area (Å²) in [6.45, 7) is 4.21. The zero-order valence-electron chi connectivity index (χ0n) is 9.75. The molecule has 0 spiro atoms. The highest BCUT2D eigenvalue weighted by molar-refractivity contribution is 5.85. The molecule has 0 amide bonds. The number of benzene rings is 1. The van der Waals surface area contributed by atoms with Crippen molar-refractivity contribution in [1.29, 1.82) is 0 Å². The van der Waals surface area contributed by atoms with Crippen LogP contribution in [0.15, 0.2) is 6.07 Å². The Labute approximate surface area is 110 Å². The quantitative estimate of drug-likeness (QED) is 0.707. The highest BCUT2D eigenvalue weighted by Gasteiger charge is 2.19. The molecule has 1 aliphatic rings. The second-order valence-electron chi connectivity index (χ2n) is 4.37. The highest BCUT2D eigenvalue weighted by atomic mass is 35.5. The minimum absolute atomic E-state index is 0. The number of nitrogen functional groups attached to an aromatic ring is 1. The van der Waals surface area contributed by atoms with Crippen LogP contribution in [0.25, 0.3) is 0 Å². The molecule has 0 saturated heterocycles. The van der Waals surface area contributed by atoms with Gasteiger partial charge in [0.1, 0.15) is 0 Å². The minimum Gasteiger partial charge on any atom is -0.398 e. The molecule has 4 heteroatoms. The molecule has 1 unspecified atom stereocenters. The fourth-order valence-electron chi connectivity index (χ4n) is 2.26. The molecule has 0 fully saturated rings. The van der Waals surface area contributed by atoms with Crippen molar-refractivity contribution in [3.63, 3.8) is 0 Å². The fourth-order valence-corrected chi connectivity index (χ4v) is 2.26. The Morgan fingerprint density at radius 3 is 2.50 bits per heavy atom. The number of rotatable bonds is 0. The maximum Gasteiger partial charge on any atom is 0.0381 e. The van der Waals surface area contributed by atoms with Gasteiger partial charge in [-0.3, -0.25) is 0 Å². The van der Waals surface area contributed by atoms with Crippen LogP contribution in [-0.4, -0.2) is 6.04 Å². The van der Waals surface area contributed by atoms with Crippen molar-refractivity contribution in [2.75, 3.05) is 5.73 Å². The number of anilines is 1. The van der Waals surface area contributed by atoms with E-state index in [0.29, 0.717) is 6.04 Å². The highest BCUT2D eigenvalue weighted by Crippen LogP contribution is 2.30. The lowest BCUT2D eigenvalue weighted by molar-refractivity contribution is 0.577. The number of fused-ring (bicyclic) bond motifs is 1. The van der Waals surface area contributed by atoms with Crippen molar-refractivity contribution in [2.24, 2.45) is 5.73 Å². The maximum atomic E-state index is 6.11. The van der Waals surface area contributed by atoms with Gasteiger partial charge >= 0.3 is 0 Å². The molecular weight excluding hydrogens is 243 g/mol. The van der Waals surface area contributed by atoms with Crippen LogP contribution < -0.4 is 11.5 Å².